The van der Waals surface area contributed by atoms with Crippen LogP contribution in [0.3, 0.4) is 0 Å². The van der Waals surface area contributed by atoms with Gasteiger partial charge >= 0.3 is 5.97 Å². The minimum Gasteiger partial charge on any atom is -0.463 e. The van der Waals surface area contributed by atoms with Crippen molar-refractivity contribution >= 4 is 12.4 Å². The van der Waals surface area contributed by atoms with Crippen LogP contribution in [-0.4, -0.2) is 35.4 Å². The molecule has 0 amide bonds. The summed E-state index contributed by atoms with van der Waals surface area (Å²) >= 11 is 0. The van der Waals surface area contributed by atoms with Crippen molar-refractivity contribution in [3.63, 3.8) is 0 Å². The topological polar surface area (TPSA) is 72.8 Å². The zero-order valence-corrected chi connectivity index (χ0v) is 17.0. The van der Waals surface area contributed by atoms with Crippen molar-refractivity contribution < 1.29 is 24.2 Å². The fraction of sp³-hybridized carbons (Fsp3) is 0.909. The molecule has 4 saturated carbocycles. The molecule has 0 aromatic carbocycles. The Morgan fingerprint density at radius 1 is 1.15 bits per heavy atom. The molecule has 5 heteroatoms. The Balaban J connectivity index is 1.63. The molecule has 4 fully saturated rings. The molecule has 0 saturated heterocycles. The van der Waals surface area contributed by atoms with Crippen LogP contribution in [0.5, 0.6) is 0 Å². The fourth-order valence-electron chi connectivity index (χ4n) is 8.21. The van der Waals surface area contributed by atoms with Crippen LogP contribution in [0.1, 0.15) is 78.6 Å². The third kappa shape index (κ3) is 2.75. The van der Waals surface area contributed by atoms with Crippen LogP contribution in [-0.2, 0) is 19.1 Å². The Hall–Kier alpha value is -1.10. The number of hydrogen-bond donors (Lipinski definition) is 1. The van der Waals surface area contributed by atoms with Crippen LogP contribution in [0.4, 0.5) is 0 Å². The van der Waals surface area contributed by atoms with Gasteiger partial charge in [-0.05, 0) is 87.4 Å². The average molecular weight is 379 g/mol. The summed E-state index contributed by atoms with van der Waals surface area (Å²) in [6, 6.07) is 0. The molecule has 4 aliphatic carbocycles. The van der Waals surface area contributed by atoms with Crippen molar-refractivity contribution in [1.29, 1.82) is 0 Å². The van der Waals surface area contributed by atoms with Crippen LogP contribution < -0.4 is 0 Å². The maximum Gasteiger partial charge on any atom is 0.302 e. The van der Waals surface area contributed by atoms with Gasteiger partial charge in [-0.15, -0.1) is 0 Å². The Labute approximate surface area is 162 Å². The first-order valence-electron chi connectivity index (χ1n) is 10.6. The Morgan fingerprint density at radius 3 is 2.63 bits per heavy atom. The summed E-state index contributed by atoms with van der Waals surface area (Å²) in [7, 11) is 0. The number of carbonyl (C=O) groups is 2. The summed E-state index contributed by atoms with van der Waals surface area (Å²) in [5.74, 6) is 0.845. The van der Waals surface area contributed by atoms with E-state index in [-0.39, 0.29) is 34.9 Å². The fourth-order valence-corrected chi connectivity index (χ4v) is 8.21. The van der Waals surface area contributed by atoms with Crippen molar-refractivity contribution in [2.45, 2.75) is 89.8 Å². The van der Waals surface area contributed by atoms with Gasteiger partial charge < -0.3 is 14.6 Å². The van der Waals surface area contributed by atoms with E-state index in [4.69, 9.17) is 9.47 Å². The molecule has 4 aliphatic rings. The lowest BCUT2D eigenvalue weighted by Crippen LogP contribution is -2.59. The van der Waals surface area contributed by atoms with Crippen molar-refractivity contribution in [3.05, 3.63) is 0 Å². The summed E-state index contributed by atoms with van der Waals surface area (Å²) in [5, 5.41) is 11.4. The maximum atomic E-state index is 11.4. The number of esters is 1. The molecule has 0 aromatic rings. The normalized spacial score (nSPS) is 51.0. The van der Waals surface area contributed by atoms with E-state index < -0.39 is 5.60 Å². The maximum absolute atomic E-state index is 11.4. The van der Waals surface area contributed by atoms with Crippen molar-refractivity contribution in [2.24, 2.45) is 28.6 Å². The van der Waals surface area contributed by atoms with Crippen LogP contribution in [0.15, 0.2) is 0 Å². The van der Waals surface area contributed by atoms with E-state index in [9.17, 15) is 14.7 Å². The monoisotopic (exact) mass is 378 g/mol. The minimum atomic E-state index is -0.874. The lowest BCUT2D eigenvalue weighted by atomic mass is 9.43. The Morgan fingerprint density at radius 2 is 1.93 bits per heavy atom. The quantitative estimate of drug-likeness (QED) is 0.597. The molecule has 5 nitrogen and oxygen atoms in total. The minimum absolute atomic E-state index is 0.133. The highest BCUT2D eigenvalue weighted by Crippen LogP contribution is 2.72. The SMILES string of the molecule is CC(=O)OCC1(O)CC23CCC4C(C)(OC=O)CCCC4(C)C2CCC1C3. The van der Waals surface area contributed by atoms with Gasteiger partial charge in [-0.1, -0.05) is 6.92 Å². The second kappa shape index (κ2) is 6.20. The van der Waals surface area contributed by atoms with E-state index in [0.717, 1.165) is 51.4 Å². The van der Waals surface area contributed by atoms with Crippen LogP contribution in [0.2, 0.25) is 0 Å². The van der Waals surface area contributed by atoms with E-state index in [0.29, 0.717) is 18.3 Å². The molecule has 1 spiro atoms. The third-order valence-corrected chi connectivity index (χ3v) is 9.11. The first kappa shape index (κ1) is 19.2. The molecule has 1 N–H and O–H groups in total. The molecule has 0 radical (unpaired) electrons. The summed E-state index contributed by atoms with van der Waals surface area (Å²) in [6.07, 6.45) is 9.25. The molecule has 4 rings (SSSR count). The summed E-state index contributed by atoms with van der Waals surface area (Å²) in [4.78, 5) is 22.5. The standard InChI is InChI=1S/C22H34O5/c1-15(24)26-13-22(25)12-21-10-7-17-19(2,18(21)6-5-16(22)11-21)8-4-9-20(17,3)27-14-23/h14,16-18,25H,4-13H2,1-3H3. The molecule has 0 aromatic heterocycles. The zero-order chi connectivity index (χ0) is 19.5. The second-order valence-corrected chi connectivity index (χ2v) is 10.4. The number of rotatable bonds is 4. The molecule has 0 heterocycles. The predicted octanol–water partition coefficient (Wildman–Crippen LogP) is 3.62. The smallest absolute Gasteiger partial charge is 0.302 e. The summed E-state index contributed by atoms with van der Waals surface area (Å²) in [6.45, 7) is 6.72. The molecular formula is C22H34O5. The highest BCUT2D eigenvalue weighted by Gasteiger charge is 2.68. The summed E-state index contributed by atoms with van der Waals surface area (Å²) in [5.41, 5.74) is -0.949. The van der Waals surface area contributed by atoms with Gasteiger partial charge in [0, 0.05) is 12.8 Å². The Bertz CT molecular complexity index is 634. The van der Waals surface area contributed by atoms with E-state index in [1.54, 1.807) is 0 Å². The number of hydrogen-bond acceptors (Lipinski definition) is 5. The molecule has 2 bridgehead atoms. The average Bonchev–Trinajstić information content (AvgIpc) is 2.79. The first-order valence-corrected chi connectivity index (χ1v) is 10.6. The molecule has 152 valence electrons. The van der Waals surface area contributed by atoms with Crippen LogP contribution >= 0.6 is 0 Å². The predicted molar refractivity (Wildman–Crippen MR) is 99.7 cm³/mol. The van der Waals surface area contributed by atoms with Gasteiger partial charge in [0.15, 0.2) is 0 Å². The first-order chi connectivity index (χ1) is 12.7. The lowest BCUT2D eigenvalue weighted by molar-refractivity contribution is -0.197. The van der Waals surface area contributed by atoms with Gasteiger partial charge in [0.25, 0.3) is 6.47 Å². The van der Waals surface area contributed by atoms with Crippen molar-refractivity contribution in [2.75, 3.05) is 6.61 Å². The zero-order valence-electron chi connectivity index (χ0n) is 17.0. The Kier molecular flexibility index (Phi) is 4.41. The number of aliphatic hydroxyl groups is 1. The van der Waals surface area contributed by atoms with Crippen LogP contribution in [0.25, 0.3) is 0 Å². The van der Waals surface area contributed by atoms with Gasteiger partial charge in [0.2, 0.25) is 0 Å². The van der Waals surface area contributed by atoms with Gasteiger partial charge in [-0.2, -0.15) is 0 Å². The lowest BCUT2D eigenvalue weighted by Gasteiger charge is -2.63. The third-order valence-electron chi connectivity index (χ3n) is 9.11. The van der Waals surface area contributed by atoms with Gasteiger partial charge in [0.05, 0.1) is 0 Å². The molecule has 27 heavy (non-hydrogen) atoms. The van der Waals surface area contributed by atoms with Crippen molar-refractivity contribution in [1.82, 2.24) is 0 Å². The highest BCUT2D eigenvalue weighted by atomic mass is 16.5. The van der Waals surface area contributed by atoms with Gasteiger partial charge in [0.1, 0.15) is 17.8 Å². The summed E-state index contributed by atoms with van der Waals surface area (Å²) < 4.78 is 10.9. The van der Waals surface area contributed by atoms with E-state index in [1.807, 2.05) is 0 Å². The van der Waals surface area contributed by atoms with E-state index in [2.05, 4.69) is 13.8 Å². The van der Waals surface area contributed by atoms with E-state index in [1.165, 1.54) is 13.3 Å². The molecule has 0 aliphatic heterocycles. The second-order valence-electron chi connectivity index (χ2n) is 10.4. The molecule has 7 atom stereocenters. The molecular weight excluding hydrogens is 344 g/mol. The molecule has 7 unspecified atom stereocenters. The number of ether oxygens (including phenoxy) is 2. The number of carbonyl (C=O) groups excluding carboxylic acids is 2. The van der Waals surface area contributed by atoms with E-state index >= 15 is 0 Å². The van der Waals surface area contributed by atoms with Crippen LogP contribution in [0, 0.1) is 28.6 Å². The van der Waals surface area contributed by atoms with Crippen molar-refractivity contribution in [3.8, 4) is 0 Å². The highest BCUT2D eigenvalue weighted by molar-refractivity contribution is 5.66. The van der Waals surface area contributed by atoms with Gasteiger partial charge in [-0.3, -0.25) is 9.59 Å². The number of fused-ring (bicyclic) bond motifs is 3. The largest absolute Gasteiger partial charge is 0.463 e. The van der Waals surface area contributed by atoms with Gasteiger partial charge in [-0.25, -0.2) is 0 Å².